The second-order valence-corrected chi connectivity index (χ2v) is 8.35. The molecule has 0 saturated heterocycles. The van der Waals surface area contributed by atoms with Crippen molar-refractivity contribution < 1.29 is 9.59 Å². The van der Waals surface area contributed by atoms with E-state index in [2.05, 4.69) is 15.6 Å². The minimum atomic E-state index is -0.448. The first-order valence-electron chi connectivity index (χ1n) is 8.47. The number of para-hydroxylation sites is 1. The number of fused-ring (bicyclic) bond motifs is 1. The summed E-state index contributed by atoms with van der Waals surface area (Å²) < 4.78 is 0. The molecule has 1 aromatic heterocycles. The van der Waals surface area contributed by atoms with Crippen molar-refractivity contribution in [3.63, 3.8) is 0 Å². The zero-order valence-electron chi connectivity index (χ0n) is 14.6. The van der Waals surface area contributed by atoms with E-state index < -0.39 is 5.25 Å². The minimum absolute atomic E-state index is 0.101. The van der Waals surface area contributed by atoms with E-state index >= 15 is 0 Å². The molecule has 4 rings (SSSR count). The number of hydrogen-bond donors (Lipinski definition) is 2. The van der Waals surface area contributed by atoms with E-state index in [1.54, 1.807) is 0 Å². The second-order valence-electron chi connectivity index (χ2n) is 6.25. The van der Waals surface area contributed by atoms with Crippen LogP contribution in [0.2, 0.25) is 0 Å². The zero-order valence-corrected chi connectivity index (χ0v) is 16.2. The molecule has 7 heteroatoms. The van der Waals surface area contributed by atoms with Gasteiger partial charge in [0.2, 0.25) is 11.8 Å². The molecule has 1 aliphatic heterocycles. The van der Waals surface area contributed by atoms with Crippen molar-refractivity contribution in [2.24, 2.45) is 0 Å². The van der Waals surface area contributed by atoms with Gasteiger partial charge in [-0.05, 0) is 19.1 Å². The van der Waals surface area contributed by atoms with E-state index in [0.29, 0.717) is 5.13 Å². The molecule has 5 nitrogen and oxygen atoms in total. The van der Waals surface area contributed by atoms with Gasteiger partial charge in [-0.1, -0.05) is 42.0 Å². The summed E-state index contributed by atoms with van der Waals surface area (Å²) in [7, 11) is 0. The number of thioether (sulfide) groups is 1. The monoisotopic (exact) mass is 395 g/mol. The summed E-state index contributed by atoms with van der Waals surface area (Å²) in [6.07, 6.45) is 0.101. The smallest absolute Gasteiger partial charge is 0.238 e. The van der Waals surface area contributed by atoms with Crippen molar-refractivity contribution in [2.45, 2.75) is 23.5 Å². The fourth-order valence-corrected chi connectivity index (χ4v) is 4.60. The van der Waals surface area contributed by atoms with Crippen LogP contribution >= 0.6 is 23.1 Å². The molecule has 0 spiro atoms. The van der Waals surface area contributed by atoms with E-state index in [1.807, 2.05) is 60.8 Å². The number of aromatic nitrogens is 1. The molecular formula is C20H17N3O2S2. The first-order valence-corrected chi connectivity index (χ1v) is 10.2. The first-order chi connectivity index (χ1) is 13.1. The average Bonchev–Trinajstić information content (AvgIpc) is 3.11. The Hall–Kier alpha value is -2.64. The number of amides is 2. The van der Waals surface area contributed by atoms with Crippen LogP contribution in [0, 0.1) is 6.92 Å². The van der Waals surface area contributed by atoms with E-state index in [4.69, 9.17) is 0 Å². The van der Waals surface area contributed by atoms with Crippen molar-refractivity contribution in [2.75, 3.05) is 10.6 Å². The molecule has 0 radical (unpaired) electrons. The lowest BCUT2D eigenvalue weighted by Crippen LogP contribution is -2.32. The quantitative estimate of drug-likeness (QED) is 0.679. The van der Waals surface area contributed by atoms with Gasteiger partial charge < -0.3 is 10.6 Å². The van der Waals surface area contributed by atoms with E-state index in [-0.39, 0.29) is 18.2 Å². The summed E-state index contributed by atoms with van der Waals surface area (Å²) >= 11 is 2.80. The van der Waals surface area contributed by atoms with Crippen LogP contribution in [0.25, 0.3) is 11.3 Å². The van der Waals surface area contributed by atoms with Gasteiger partial charge in [-0.2, -0.15) is 0 Å². The number of rotatable bonds is 4. The Morgan fingerprint density at radius 1 is 1.19 bits per heavy atom. The number of carbonyl (C=O) groups is 2. The maximum Gasteiger partial charge on any atom is 0.238 e. The molecular weight excluding hydrogens is 378 g/mol. The predicted molar refractivity (Wildman–Crippen MR) is 110 cm³/mol. The Balaban J connectivity index is 1.40. The summed E-state index contributed by atoms with van der Waals surface area (Å²) in [5, 5.41) is 7.67. The number of hydrogen-bond acceptors (Lipinski definition) is 5. The molecule has 0 bridgehead atoms. The lowest BCUT2D eigenvalue weighted by atomic mass is 10.1. The van der Waals surface area contributed by atoms with Crippen molar-refractivity contribution in [1.29, 1.82) is 0 Å². The highest BCUT2D eigenvalue weighted by Crippen LogP contribution is 2.36. The molecule has 2 aromatic carbocycles. The van der Waals surface area contributed by atoms with Crippen LogP contribution in [0.1, 0.15) is 12.0 Å². The number of carbonyl (C=O) groups excluding carboxylic acids is 2. The summed E-state index contributed by atoms with van der Waals surface area (Å²) in [5.74, 6) is -0.361. The number of benzene rings is 2. The predicted octanol–water partition coefficient (Wildman–Crippen LogP) is 4.56. The molecule has 0 aliphatic carbocycles. The molecule has 1 unspecified atom stereocenters. The Labute approximate surface area is 165 Å². The van der Waals surface area contributed by atoms with Crippen LogP contribution in [-0.2, 0) is 9.59 Å². The topological polar surface area (TPSA) is 71.1 Å². The second kappa shape index (κ2) is 7.54. The summed E-state index contributed by atoms with van der Waals surface area (Å²) in [4.78, 5) is 30.1. The van der Waals surface area contributed by atoms with Crippen molar-refractivity contribution in [3.8, 4) is 11.3 Å². The van der Waals surface area contributed by atoms with Crippen LogP contribution in [0.4, 0.5) is 10.8 Å². The molecule has 136 valence electrons. The van der Waals surface area contributed by atoms with Gasteiger partial charge in [-0.3, -0.25) is 9.59 Å². The highest BCUT2D eigenvalue weighted by Gasteiger charge is 2.29. The maximum atomic E-state index is 12.4. The van der Waals surface area contributed by atoms with Gasteiger partial charge in [0.25, 0.3) is 0 Å². The lowest BCUT2D eigenvalue weighted by Gasteiger charge is -2.23. The van der Waals surface area contributed by atoms with Crippen LogP contribution in [0.5, 0.6) is 0 Å². The molecule has 1 atom stereocenters. The minimum Gasteiger partial charge on any atom is -0.324 e. The first kappa shape index (κ1) is 17.8. The van der Waals surface area contributed by atoms with Crippen molar-refractivity contribution in [3.05, 3.63) is 59.5 Å². The van der Waals surface area contributed by atoms with Crippen LogP contribution in [0.3, 0.4) is 0 Å². The Morgan fingerprint density at radius 3 is 2.78 bits per heavy atom. The summed E-state index contributed by atoms with van der Waals surface area (Å²) in [5.41, 5.74) is 3.82. The molecule has 27 heavy (non-hydrogen) atoms. The van der Waals surface area contributed by atoms with E-state index in [1.165, 1.54) is 28.7 Å². The molecule has 1 aliphatic rings. The SMILES string of the molecule is Cc1ccc(-c2csc(NC(=O)CC3Sc4ccccc4NC3=O)n2)cc1. The largest absolute Gasteiger partial charge is 0.324 e. The number of anilines is 2. The average molecular weight is 396 g/mol. The Bertz CT molecular complexity index is 998. The maximum absolute atomic E-state index is 12.4. The van der Waals surface area contributed by atoms with Gasteiger partial charge in [-0.25, -0.2) is 4.98 Å². The third-order valence-corrected chi connectivity index (χ3v) is 6.21. The number of nitrogens with zero attached hydrogens (tertiary/aromatic N) is 1. The lowest BCUT2D eigenvalue weighted by molar-refractivity contribution is -0.120. The van der Waals surface area contributed by atoms with Gasteiger partial charge in [0.1, 0.15) is 0 Å². The third-order valence-electron chi connectivity index (χ3n) is 4.18. The van der Waals surface area contributed by atoms with Crippen molar-refractivity contribution in [1.82, 2.24) is 4.98 Å². The molecule has 2 amide bonds. The number of aryl methyl sites for hydroxylation is 1. The Kier molecular flexibility index (Phi) is 4.96. The molecule has 0 fully saturated rings. The van der Waals surface area contributed by atoms with Crippen LogP contribution in [0.15, 0.2) is 58.8 Å². The van der Waals surface area contributed by atoms with Gasteiger partial charge in [-0.15, -0.1) is 23.1 Å². The number of nitrogens with one attached hydrogen (secondary N) is 2. The van der Waals surface area contributed by atoms with Crippen molar-refractivity contribution >= 4 is 45.7 Å². The standard InChI is InChI=1S/C20H17N3O2S2/c1-12-6-8-13(9-7-12)15-11-26-20(22-15)23-18(24)10-17-19(25)21-14-4-2-3-5-16(14)27-17/h2-9,11,17H,10H2,1H3,(H,21,25)(H,22,23,24). The van der Waals surface area contributed by atoms with Gasteiger partial charge in [0, 0.05) is 22.3 Å². The van der Waals surface area contributed by atoms with Crippen LogP contribution in [-0.4, -0.2) is 22.0 Å². The highest BCUT2D eigenvalue weighted by molar-refractivity contribution is 8.01. The molecule has 2 heterocycles. The van der Waals surface area contributed by atoms with Gasteiger partial charge in [0.05, 0.1) is 16.6 Å². The zero-order chi connectivity index (χ0) is 18.8. The third kappa shape index (κ3) is 4.04. The van der Waals surface area contributed by atoms with E-state index in [0.717, 1.165) is 21.8 Å². The normalized spacial score (nSPS) is 15.7. The fourth-order valence-electron chi connectivity index (χ4n) is 2.75. The summed E-state index contributed by atoms with van der Waals surface area (Å²) in [6.45, 7) is 2.04. The summed E-state index contributed by atoms with van der Waals surface area (Å²) in [6, 6.07) is 15.7. The Morgan fingerprint density at radius 2 is 1.96 bits per heavy atom. The highest BCUT2D eigenvalue weighted by atomic mass is 32.2. The molecule has 2 N–H and O–H groups in total. The number of thiazole rings is 1. The van der Waals surface area contributed by atoms with Gasteiger partial charge in [0.15, 0.2) is 5.13 Å². The van der Waals surface area contributed by atoms with E-state index in [9.17, 15) is 9.59 Å². The van der Waals surface area contributed by atoms with Gasteiger partial charge >= 0.3 is 0 Å². The molecule has 3 aromatic rings. The van der Waals surface area contributed by atoms with Crippen LogP contribution < -0.4 is 10.6 Å². The fraction of sp³-hybridized carbons (Fsp3) is 0.150. The molecule has 0 saturated carbocycles.